The van der Waals surface area contributed by atoms with Gasteiger partial charge in [0.15, 0.2) is 0 Å². The number of nitrogens with one attached hydrogen (secondary N) is 2. The Hall–Kier alpha value is -0.0800. The Morgan fingerprint density at radius 2 is 2.00 bits per heavy atom. The monoisotopic (exact) mass is 226 g/mol. The summed E-state index contributed by atoms with van der Waals surface area (Å²) in [7, 11) is 0. The lowest BCUT2D eigenvalue weighted by molar-refractivity contribution is 0.393. The van der Waals surface area contributed by atoms with E-state index in [1.165, 1.54) is 51.6 Å². The molecule has 1 saturated heterocycles. The highest BCUT2D eigenvalue weighted by molar-refractivity contribution is 4.75. The minimum absolute atomic E-state index is 0.661. The highest BCUT2D eigenvalue weighted by Gasteiger charge is 2.14. The van der Waals surface area contributed by atoms with Crippen LogP contribution in [-0.4, -0.2) is 25.2 Å². The van der Waals surface area contributed by atoms with Crippen molar-refractivity contribution in [1.29, 1.82) is 0 Å². The van der Waals surface area contributed by atoms with Crippen LogP contribution in [0.4, 0.5) is 0 Å². The van der Waals surface area contributed by atoms with Crippen LogP contribution in [-0.2, 0) is 0 Å². The third-order valence-electron chi connectivity index (χ3n) is 3.51. The van der Waals surface area contributed by atoms with E-state index < -0.39 is 0 Å². The van der Waals surface area contributed by atoms with Gasteiger partial charge in [-0.25, -0.2) is 0 Å². The summed E-state index contributed by atoms with van der Waals surface area (Å²) in [6, 6.07) is 1.42. The van der Waals surface area contributed by atoms with Crippen LogP contribution in [0.1, 0.15) is 59.3 Å². The van der Waals surface area contributed by atoms with Crippen LogP contribution in [0.5, 0.6) is 0 Å². The lowest BCUT2D eigenvalue weighted by Crippen LogP contribution is -2.37. The second-order valence-corrected chi connectivity index (χ2v) is 5.77. The second-order valence-electron chi connectivity index (χ2n) is 5.77. The van der Waals surface area contributed by atoms with Crippen molar-refractivity contribution in [2.45, 2.75) is 71.4 Å². The largest absolute Gasteiger partial charge is 0.314 e. The maximum atomic E-state index is 3.67. The van der Waals surface area contributed by atoms with Gasteiger partial charge in [-0.05, 0) is 51.6 Å². The molecule has 2 unspecified atom stereocenters. The molecular weight excluding hydrogens is 196 g/mol. The van der Waals surface area contributed by atoms with E-state index >= 15 is 0 Å². The van der Waals surface area contributed by atoms with Gasteiger partial charge in [0.25, 0.3) is 0 Å². The molecular formula is C14H30N2. The van der Waals surface area contributed by atoms with E-state index in [-0.39, 0.29) is 0 Å². The van der Waals surface area contributed by atoms with Crippen molar-refractivity contribution in [3.05, 3.63) is 0 Å². The van der Waals surface area contributed by atoms with Crippen LogP contribution in [0.3, 0.4) is 0 Å². The maximum absolute atomic E-state index is 3.67. The van der Waals surface area contributed by atoms with Gasteiger partial charge in [0.1, 0.15) is 0 Å². The molecule has 0 aliphatic carbocycles. The summed E-state index contributed by atoms with van der Waals surface area (Å²) < 4.78 is 0. The van der Waals surface area contributed by atoms with Crippen molar-refractivity contribution in [3.8, 4) is 0 Å². The molecule has 16 heavy (non-hydrogen) atoms. The first-order chi connectivity index (χ1) is 7.68. The molecule has 0 spiro atoms. The number of hydrogen-bond acceptors (Lipinski definition) is 2. The molecule has 0 aromatic carbocycles. The first kappa shape index (κ1) is 14.0. The zero-order chi connectivity index (χ0) is 11.8. The fraction of sp³-hybridized carbons (Fsp3) is 1.00. The molecule has 0 aromatic rings. The fourth-order valence-corrected chi connectivity index (χ4v) is 2.43. The Morgan fingerprint density at radius 1 is 1.19 bits per heavy atom. The molecule has 2 nitrogen and oxygen atoms in total. The molecule has 0 radical (unpaired) electrons. The predicted molar refractivity (Wildman–Crippen MR) is 71.8 cm³/mol. The van der Waals surface area contributed by atoms with Crippen LogP contribution in [0.15, 0.2) is 0 Å². The van der Waals surface area contributed by atoms with Crippen LogP contribution < -0.4 is 10.6 Å². The fourth-order valence-electron chi connectivity index (χ4n) is 2.43. The quantitative estimate of drug-likeness (QED) is 0.727. The van der Waals surface area contributed by atoms with Gasteiger partial charge in [-0.3, -0.25) is 0 Å². The van der Waals surface area contributed by atoms with Crippen molar-refractivity contribution in [3.63, 3.8) is 0 Å². The number of hydrogen-bond donors (Lipinski definition) is 2. The smallest absolute Gasteiger partial charge is 0.00817 e. The average Bonchev–Trinajstić information content (AvgIpc) is 2.45. The highest BCUT2D eigenvalue weighted by atomic mass is 14.9. The second kappa shape index (κ2) is 8.08. The zero-order valence-electron chi connectivity index (χ0n) is 11.4. The van der Waals surface area contributed by atoms with Gasteiger partial charge in [-0.15, -0.1) is 0 Å². The Morgan fingerprint density at radius 3 is 2.75 bits per heavy atom. The van der Waals surface area contributed by atoms with E-state index in [9.17, 15) is 0 Å². The van der Waals surface area contributed by atoms with E-state index in [0.717, 1.165) is 12.0 Å². The van der Waals surface area contributed by atoms with Gasteiger partial charge >= 0.3 is 0 Å². The van der Waals surface area contributed by atoms with Gasteiger partial charge < -0.3 is 10.6 Å². The summed E-state index contributed by atoms with van der Waals surface area (Å²) in [5.74, 6) is 0.815. The van der Waals surface area contributed by atoms with E-state index in [1.807, 2.05) is 0 Å². The topological polar surface area (TPSA) is 24.1 Å². The summed E-state index contributed by atoms with van der Waals surface area (Å²) in [5, 5.41) is 7.31. The SMILES string of the molecule is CC(C)CCNC(C)CC1CCCCCN1. The minimum Gasteiger partial charge on any atom is -0.314 e. The zero-order valence-corrected chi connectivity index (χ0v) is 11.4. The van der Waals surface area contributed by atoms with E-state index in [2.05, 4.69) is 31.4 Å². The summed E-state index contributed by atoms with van der Waals surface area (Å²) in [4.78, 5) is 0. The Bertz CT molecular complexity index is 160. The average molecular weight is 226 g/mol. The summed E-state index contributed by atoms with van der Waals surface area (Å²) >= 11 is 0. The summed E-state index contributed by atoms with van der Waals surface area (Å²) in [6.45, 7) is 9.31. The van der Waals surface area contributed by atoms with Crippen molar-refractivity contribution in [2.24, 2.45) is 5.92 Å². The van der Waals surface area contributed by atoms with Gasteiger partial charge in [-0.2, -0.15) is 0 Å². The van der Waals surface area contributed by atoms with Crippen LogP contribution in [0.25, 0.3) is 0 Å². The minimum atomic E-state index is 0.661. The van der Waals surface area contributed by atoms with Gasteiger partial charge in [0, 0.05) is 12.1 Å². The molecule has 0 amide bonds. The Kier molecular flexibility index (Phi) is 7.06. The van der Waals surface area contributed by atoms with E-state index in [0.29, 0.717) is 6.04 Å². The summed E-state index contributed by atoms with van der Waals surface area (Å²) in [5.41, 5.74) is 0. The van der Waals surface area contributed by atoms with Crippen LogP contribution >= 0.6 is 0 Å². The molecule has 0 bridgehead atoms. The highest BCUT2D eigenvalue weighted by Crippen LogP contribution is 2.12. The predicted octanol–water partition coefficient (Wildman–Crippen LogP) is 2.93. The first-order valence-electron chi connectivity index (χ1n) is 7.15. The molecule has 1 rings (SSSR count). The molecule has 0 aromatic heterocycles. The lowest BCUT2D eigenvalue weighted by atomic mass is 10.0. The number of rotatable bonds is 6. The van der Waals surface area contributed by atoms with E-state index in [1.54, 1.807) is 0 Å². The molecule has 1 heterocycles. The molecule has 2 N–H and O–H groups in total. The molecule has 96 valence electrons. The molecule has 1 aliphatic heterocycles. The third-order valence-corrected chi connectivity index (χ3v) is 3.51. The Balaban J connectivity index is 2.09. The van der Waals surface area contributed by atoms with Crippen molar-refractivity contribution < 1.29 is 0 Å². The van der Waals surface area contributed by atoms with Crippen molar-refractivity contribution in [2.75, 3.05) is 13.1 Å². The summed E-state index contributed by atoms with van der Waals surface area (Å²) in [6.07, 6.45) is 8.15. The van der Waals surface area contributed by atoms with Crippen LogP contribution in [0.2, 0.25) is 0 Å². The lowest BCUT2D eigenvalue weighted by Gasteiger charge is -2.21. The van der Waals surface area contributed by atoms with Gasteiger partial charge in [-0.1, -0.05) is 26.7 Å². The van der Waals surface area contributed by atoms with Crippen molar-refractivity contribution in [1.82, 2.24) is 10.6 Å². The molecule has 1 fully saturated rings. The van der Waals surface area contributed by atoms with Crippen LogP contribution in [0, 0.1) is 5.92 Å². The molecule has 2 heteroatoms. The molecule has 1 aliphatic rings. The maximum Gasteiger partial charge on any atom is 0.00817 e. The first-order valence-corrected chi connectivity index (χ1v) is 7.15. The third kappa shape index (κ3) is 6.49. The van der Waals surface area contributed by atoms with Gasteiger partial charge in [0.2, 0.25) is 0 Å². The molecule has 2 atom stereocenters. The standard InChI is InChI=1S/C14H30N2/c1-12(2)8-10-15-13(3)11-14-7-5-4-6-9-16-14/h12-16H,4-11H2,1-3H3. The van der Waals surface area contributed by atoms with Crippen molar-refractivity contribution >= 4 is 0 Å². The normalized spacial score (nSPS) is 24.4. The Labute approximate surface area is 102 Å². The van der Waals surface area contributed by atoms with Gasteiger partial charge in [0.05, 0.1) is 0 Å². The van der Waals surface area contributed by atoms with E-state index in [4.69, 9.17) is 0 Å². The molecule has 0 saturated carbocycles.